The number of hydrogen-bond acceptors (Lipinski definition) is 2. The molecule has 2 aromatic rings. The Kier molecular flexibility index (Phi) is 4.07. The summed E-state index contributed by atoms with van der Waals surface area (Å²) in [7, 11) is 0. The summed E-state index contributed by atoms with van der Waals surface area (Å²) in [5.41, 5.74) is 3.49. The summed E-state index contributed by atoms with van der Waals surface area (Å²) in [5, 5.41) is 3.31. The van der Waals surface area contributed by atoms with Crippen LogP contribution in [0.1, 0.15) is 44.9 Å². The van der Waals surface area contributed by atoms with Gasteiger partial charge in [-0.15, -0.1) is 0 Å². The number of aromatic nitrogens is 1. The Balaban J connectivity index is 2.09. The molecule has 106 valence electrons. The molecule has 0 radical (unpaired) electrons. The lowest BCUT2D eigenvalue weighted by molar-refractivity contribution is 0.584. The average Bonchev–Trinajstić information content (AvgIpc) is 2.40. The highest BCUT2D eigenvalue weighted by atomic mass is 19.1. The number of nitrogens with one attached hydrogen (secondary N) is 1. The summed E-state index contributed by atoms with van der Waals surface area (Å²) in [6.45, 7) is 8.69. The van der Waals surface area contributed by atoms with Gasteiger partial charge in [0, 0.05) is 6.04 Å². The fourth-order valence-corrected chi connectivity index (χ4v) is 2.07. The second-order valence-corrected chi connectivity index (χ2v) is 6.11. The Morgan fingerprint density at radius 3 is 2.20 bits per heavy atom. The van der Waals surface area contributed by atoms with Gasteiger partial charge in [0.15, 0.2) is 0 Å². The van der Waals surface area contributed by atoms with Gasteiger partial charge in [0.05, 0.1) is 11.9 Å². The minimum atomic E-state index is -0.460. The van der Waals surface area contributed by atoms with Gasteiger partial charge in [0.1, 0.15) is 0 Å². The quantitative estimate of drug-likeness (QED) is 0.820. The van der Waals surface area contributed by atoms with Crippen molar-refractivity contribution < 1.29 is 4.39 Å². The van der Waals surface area contributed by atoms with E-state index in [-0.39, 0.29) is 11.5 Å². The largest absolute Gasteiger partial charge is 0.377 e. The molecule has 1 atom stereocenters. The number of benzene rings is 1. The molecule has 1 aromatic carbocycles. The van der Waals surface area contributed by atoms with Gasteiger partial charge in [-0.25, -0.2) is 4.98 Å². The first-order chi connectivity index (χ1) is 9.36. The van der Waals surface area contributed by atoms with Crippen LogP contribution in [0, 0.1) is 5.95 Å². The smallest absolute Gasteiger partial charge is 0.212 e. The van der Waals surface area contributed by atoms with Crippen molar-refractivity contribution in [2.75, 3.05) is 5.32 Å². The van der Waals surface area contributed by atoms with E-state index in [1.807, 2.05) is 0 Å². The van der Waals surface area contributed by atoms with Crippen LogP contribution in [0.4, 0.5) is 10.1 Å². The van der Waals surface area contributed by atoms with Gasteiger partial charge in [-0.05, 0) is 35.6 Å². The van der Waals surface area contributed by atoms with Crippen molar-refractivity contribution in [2.45, 2.75) is 39.2 Å². The maximum Gasteiger partial charge on any atom is 0.212 e. The minimum Gasteiger partial charge on any atom is -0.377 e. The molecule has 0 amide bonds. The highest BCUT2D eigenvalue weighted by molar-refractivity contribution is 5.43. The van der Waals surface area contributed by atoms with Crippen molar-refractivity contribution in [1.82, 2.24) is 4.98 Å². The summed E-state index contributed by atoms with van der Waals surface area (Å²) >= 11 is 0. The van der Waals surface area contributed by atoms with Crippen molar-refractivity contribution in [3.63, 3.8) is 0 Å². The predicted molar refractivity (Wildman–Crippen MR) is 81.4 cm³/mol. The van der Waals surface area contributed by atoms with Crippen LogP contribution in [-0.4, -0.2) is 4.98 Å². The first-order valence-corrected chi connectivity index (χ1v) is 6.85. The highest BCUT2D eigenvalue weighted by Crippen LogP contribution is 2.25. The molecule has 0 aliphatic carbocycles. The lowest BCUT2D eigenvalue weighted by atomic mass is 9.86. The van der Waals surface area contributed by atoms with Crippen molar-refractivity contribution in [3.8, 4) is 0 Å². The zero-order valence-corrected chi connectivity index (χ0v) is 12.4. The third-order valence-corrected chi connectivity index (χ3v) is 3.39. The molecule has 3 heteroatoms. The second kappa shape index (κ2) is 5.61. The molecule has 0 saturated heterocycles. The first-order valence-electron chi connectivity index (χ1n) is 6.85. The number of rotatable bonds is 3. The summed E-state index contributed by atoms with van der Waals surface area (Å²) in [5.74, 6) is -0.460. The maximum atomic E-state index is 12.8. The van der Waals surface area contributed by atoms with E-state index in [0.717, 1.165) is 5.69 Å². The van der Waals surface area contributed by atoms with Crippen molar-refractivity contribution in [2.24, 2.45) is 0 Å². The molecule has 0 aliphatic rings. The fraction of sp³-hybridized carbons (Fsp3) is 0.353. The summed E-state index contributed by atoms with van der Waals surface area (Å²) < 4.78 is 12.8. The predicted octanol–water partition coefficient (Wildman–Crippen LogP) is 4.69. The van der Waals surface area contributed by atoms with Gasteiger partial charge in [0.25, 0.3) is 0 Å². The van der Waals surface area contributed by atoms with E-state index in [2.05, 4.69) is 62.3 Å². The highest BCUT2D eigenvalue weighted by Gasteiger charge is 2.14. The molecule has 1 aromatic heterocycles. The van der Waals surface area contributed by atoms with Crippen LogP contribution in [0.2, 0.25) is 0 Å². The van der Waals surface area contributed by atoms with E-state index in [0.29, 0.717) is 0 Å². The molecule has 0 spiro atoms. The van der Waals surface area contributed by atoms with Gasteiger partial charge >= 0.3 is 0 Å². The number of nitrogens with zero attached hydrogens (tertiary/aromatic N) is 1. The molecular weight excluding hydrogens is 251 g/mol. The number of hydrogen-bond donors (Lipinski definition) is 1. The molecule has 0 saturated carbocycles. The molecule has 1 heterocycles. The van der Waals surface area contributed by atoms with E-state index in [4.69, 9.17) is 0 Å². The normalized spacial score (nSPS) is 13.1. The van der Waals surface area contributed by atoms with Crippen molar-refractivity contribution >= 4 is 5.69 Å². The molecule has 1 N–H and O–H groups in total. The lowest BCUT2D eigenvalue weighted by Crippen LogP contribution is -2.12. The van der Waals surface area contributed by atoms with Gasteiger partial charge < -0.3 is 5.32 Å². The van der Waals surface area contributed by atoms with E-state index in [1.165, 1.54) is 23.4 Å². The van der Waals surface area contributed by atoms with Crippen LogP contribution in [0.3, 0.4) is 0 Å². The van der Waals surface area contributed by atoms with E-state index < -0.39 is 5.95 Å². The maximum absolute atomic E-state index is 12.8. The van der Waals surface area contributed by atoms with Crippen LogP contribution in [-0.2, 0) is 5.41 Å². The minimum absolute atomic E-state index is 0.149. The van der Waals surface area contributed by atoms with E-state index in [1.54, 1.807) is 6.07 Å². The molecule has 0 aliphatic heterocycles. The molecule has 0 fully saturated rings. The summed E-state index contributed by atoms with van der Waals surface area (Å²) in [6, 6.07) is 11.8. The average molecular weight is 272 g/mol. The van der Waals surface area contributed by atoms with Gasteiger partial charge in [0.2, 0.25) is 5.95 Å². The Labute approximate surface area is 120 Å². The summed E-state index contributed by atoms with van der Waals surface area (Å²) in [4.78, 5) is 3.64. The molecule has 2 rings (SSSR count). The third-order valence-electron chi connectivity index (χ3n) is 3.39. The second-order valence-electron chi connectivity index (χ2n) is 6.11. The van der Waals surface area contributed by atoms with Gasteiger partial charge in [-0.2, -0.15) is 4.39 Å². The first kappa shape index (κ1) is 14.5. The number of pyridine rings is 1. The molecule has 2 nitrogen and oxygen atoms in total. The summed E-state index contributed by atoms with van der Waals surface area (Å²) in [6.07, 6.45) is 1.51. The Bertz CT molecular complexity index is 553. The molecule has 1 unspecified atom stereocenters. The van der Waals surface area contributed by atoms with Crippen LogP contribution in [0.25, 0.3) is 0 Å². The van der Waals surface area contributed by atoms with Crippen LogP contribution >= 0.6 is 0 Å². The van der Waals surface area contributed by atoms with Crippen LogP contribution in [0.5, 0.6) is 0 Å². The number of halogens is 1. The SMILES string of the molecule is CC(Nc1ccc(F)nc1)c1ccc(C(C)(C)C)cc1. The monoisotopic (exact) mass is 272 g/mol. The topological polar surface area (TPSA) is 24.9 Å². The standard InChI is InChI=1S/C17H21FN2/c1-12(20-15-9-10-16(18)19-11-15)13-5-7-14(8-6-13)17(2,3)4/h5-12,20H,1-4H3. The van der Waals surface area contributed by atoms with E-state index in [9.17, 15) is 4.39 Å². The molecular formula is C17H21FN2. The Morgan fingerprint density at radius 1 is 1.05 bits per heavy atom. The Hall–Kier alpha value is -1.90. The lowest BCUT2D eigenvalue weighted by Gasteiger charge is -2.21. The third kappa shape index (κ3) is 3.56. The van der Waals surface area contributed by atoms with Crippen LogP contribution in [0.15, 0.2) is 42.6 Å². The zero-order chi connectivity index (χ0) is 14.8. The number of anilines is 1. The fourth-order valence-electron chi connectivity index (χ4n) is 2.07. The Morgan fingerprint density at radius 2 is 1.70 bits per heavy atom. The van der Waals surface area contributed by atoms with Gasteiger partial charge in [-0.3, -0.25) is 0 Å². The van der Waals surface area contributed by atoms with Crippen molar-refractivity contribution in [3.05, 3.63) is 59.7 Å². The molecule has 0 bridgehead atoms. The van der Waals surface area contributed by atoms with Crippen molar-refractivity contribution in [1.29, 1.82) is 0 Å². The van der Waals surface area contributed by atoms with E-state index >= 15 is 0 Å². The zero-order valence-electron chi connectivity index (χ0n) is 12.4. The molecule has 20 heavy (non-hydrogen) atoms. The van der Waals surface area contributed by atoms with Gasteiger partial charge in [-0.1, -0.05) is 45.0 Å². The van der Waals surface area contributed by atoms with Crippen LogP contribution < -0.4 is 5.32 Å².